The van der Waals surface area contributed by atoms with Crippen molar-refractivity contribution in [1.82, 2.24) is 9.55 Å². The minimum absolute atomic E-state index is 0.110. The van der Waals surface area contributed by atoms with Crippen molar-refractivity contribution in [3.8, 4) is 0 Å². The monoisotopic (exact) mass is 500 g/mol. The van der Waals surface area contributed by atoms with Crippen molar-refractivity contribution < 1.29 is 22.1 Å². The molecule has 6 rings (SSSR count). The van der Waals surface area contributed by atoms with Crippen molar-refractivity contribution in [2.45, 2.75) is 23.3 Å². The molecular weight excluding hydrogens is 476 g/mol. The van der Waals surface area contributed by atoms with E-state index in [2.05, 4.69) is 4.98 Å². The van der Waals surface area contributed by atoms with Gasteiger partial charge < -0.3 is 14.0 Å². The second-order valence-corrected chi connectivity index (χ2v) is 10.4. The molecule has 1 aromatic heterocycles. The van der Waals surface area contributed by atoms with Crippen LogP contribution in [-0.2, 0) is 36.1 Å². The molecule has 0 spiro atoms. The molecular formula is C28H24N2O5S. The Bertz CT molecular complexity index is 1630. The molecule has 0 unspecified atom stereocenters. The largest absolute Gasteiger partial charge is 0.342 e. The summed E-state index contributed by atoms with van der Waals surface area (Å²) in [7, 11) is -3.98. The first-order valence-corrected chi connectivity index (χ1v) is 13.1. The van der Waals surface area contributed by atoms with Crippen LogP contribution < -0.4 is 0 Å². The van der Waals surface area contributed by atoms with Gasteiger partial charge in [0.05, 0.1) is 31.0 Å². The molecule has 1 saturated heterocycles. The van der Waals surface area contributed by atoms with E-state index < -0.39 is 22.0 Å². The second kappa shape index (κ2) is 9.15. The zero-order valence-electron chi connectivity index (χ0n) is 19.4. The molecule has 2 heterocycles. The molecule has 1 fully saturated rings. The van der Waals surface area contributed by atoms with Crippen LogP contribution >= 0.6 is 0 Å². The zero-order valence-corrected chi connectivity index (χ0v) is 20.2. The summed E-state index contributed by atoms with van der Waals surface area (Å²) < 4.78 is 46.0. The van der Waals surface area contributed by atoms with E-state index in [1.165, 1.54) is 0 Å². The van der Waals surface area contributed by atoms with Crippen molar-refractivity contribution in [3.63, 3.8) is 0 Å². The van der Waals surface area contributed by atoms with E-state index in [0.717, 1.165) is 27.1 Å². The van der Waals surface area contributed by atoms with Crippen molar-refractivity contribution in [2.75, 3.05) is 13.2 Å². The third kappa shape index (κ3) is 4.29. The van der Waals surface area contributed by atoms with Crippen molar-refractivity contribution in [3.05, 3.63) is 109 Å². The lowest BCUT2D eigenvalue weighted by atomic mass is 9.97. The maximum Gasteiger partial charge on any atom is 0.297 e. The molecule has 0 radical (unpaired) electrons. The van der Waals surface area contributed by atoms with Gasteiger partial charge in [0.15, 0.2) is 0 Å². The quantitative estimate of drug-likeness (QED) is 0.297. The Balaban J connectivity index is 1.26. The summed E-state index contributed by atoms with van der Waals surface area (Å²) in [5.74, 6) is -1.12. The standard InChI is InChI=1S/C28H24N2O5S/c31-36(32,25-13-12-21-6-1-2-8-23(21)16-25)34-18-24-17-33-28(35-24,19-30-15-14-29-20-30)27-11-5-9-22-7-3-4-10-26(22)27/h1-16,20,24H,17-19H2/t24-,28-/m0/s1. The molecule has 0 amide bonds. The van der Waals surface area contributed by atoms with E-state index in [4.69, 9.17) is 13.7 Å². The highest BCUT2D eigenvalue weighted by Gasteiger charge is 2.45. The smallest absolute Gasteiger partial charge is 0.297 e. The first-order chi connectivity index (χ1) is 17.5. The molecule has 8 heteroatoms. The lowest BCUT2D eigenvalue weighted by molar-refractivity contribution is -0.188. The van der Waals surface area contributed by atoms with Crippen LogP contribution in [0.25, 0.3) is 21.5 Å². The molecule has 1 aliphatic rings. The average Bonchev–Trinajstić information content (AvgIpc) is 3.58. The predicted molar refractivity (Wildman–Crippen MR) is 136 cm³/mol. The number of fused-ring (bicyclic) bond motifs is 2. The molecule has 5 aromatic rings. The Morgan fingerprint density at radius 3 is 2.56 bits per heavy atom. The summed E-state index contributed by atoms with van der Waals surface area (Å²) in [5, 5.41) is 3.86. The van der Waals surface area contributed by atoms with Crippen LogP contribution in [0.4, 0.5) is 0 Å². The fraction of sp³-hybridized carbons (Fsp3) is 0.179. The number of nitrogens with zero attached hydrogens (tertiary/aromatic N) is 2. The summed E-state index contributed by atoms with van der Waals surface area (Å²) in [5.41, 5.74) is 0.870. The van der Waals surface area contributed by atoms with Crippen LogP contribution in [0.3, 0.4) is 0 Å². The minimum Gasteiger partial charge on any atom is -0.342 e. The topological polar surface area (TPSA) is 79.7 Å². The highest BCUT2D eigenvalue weighted by Crippen LogP contribution is 2.40. The maximum atomic E-state index is 13.0. The Morgan fingerprint density at radius 1 is 0.944 bits per heavy atom. The average molecular weight is 501 g/mol. The lowest BCUT2D eigenvalue weighted by Gasteiger charge is -2.30. The van der Waals surface area contributed by atoms with Gasteiger partial charge in [0.1, 0.15) is 6.10 Å². The molecule has 0 bridgehead atoms. The fourth-order valence-corrected chi connectivity index (χ4v) is 5.66. The normalized spacial score (nSPS) is 20.3. The van der Waals surface area contributed by atoms with Gasteiger partial charge >= 0.3 is 0 Å². The molecule has 0 N–H and O–H groups in total. The van der Waals surface area contributed by atoms with Crippen LogP contribution in [0.2, 0.25) is 0 Å². The molecule has 36 heavy (non-hydrogen) atoms. The van der Waals surface area contributed by atoms with Crippen molar-refractivity contribution in [1.29, 1.82) is 0 Å². The van der Waals surface area contributed by atoms with Gasteiger partial charge in [0, 0.05) is 18.0 Å². The number of rotatable bonds is 7. The van der Waals surface area contributed by atoms with Gasteiger partial charge in [-0.15, -0.1) is 0 Å². The second-order valence-electron chi connectivity index (χ2n) is 8.81. The molecule has 182 valence electrons. The van der Waals surface area contributed by atoms with E-state index in [1.807, 2.05) is 77.5 Å². The SMILES string of the molecule is O=S(=O)(OC[C@@H]1CO[C@](Cn2ccnc2)(c2cccc3ccccc23)O1)c1ccc2ccccc2c1. The van der Waals surface area contributed by atoms with Gasteiger partial charge in [-0.05, 0) is 33.7 Å². The molecule has 0 aliphatic carbocycles. The van der Waals surface area contributed by atoms with Gasteiger partial charge in [-0.25, -0.2) is 4.98 Å². The minimum atomic E-state index is -3.98. The van der Waals surface area contributed by atoms with E-state index in [0.29, 0.717) is 6.54 Å². The first-order valence-electron chi connectivity index (χ1n) is 11.7. The van der Waals surface area contributed by atoms with E-state index in [-0.39, 0.29) is 18.1 Å². The molecule has 7 nitrogen and oxygen atoms in total. The highest BCUT2D eigenvalue weighted by atomic mass is 32.2. The van der Waals surface area contributed by atoms with Crippen LogP contribution in [0.1, 0.15) is 5.56 Å². The zero-order chi connectivity index (χ0) is 24.6. The summed E-state index contributed by atoms with van der Waals surface area (Å²) in [6, 6.07) is 26.6. The fourth-order valence-electron chi connectivity index (χ4n) is 4.69. The van der Waals surface area contributed by atoms with E-state index in [9.17, 15) is 8.42 Å². The summed E-state index contributed by atoms with van der Waals surface area (Å²) in [4.78, 5) is 4.25. The summed E-state index contributed by atoms with van der Waals surface area (Å²) >= 11 is 0. The van der Waals surface area contributed by atoms with Crippen LogP contribution in [0.15, 0.2) is 109 Å². The number of hydrogen-bond acceptors (Lipinski definition) is 6. The number of hydrogen-bond donors (Lipinski definition) is 0. The van der Waals surface area contributed by atoms with Gasteiger partial charge in [0.25, 0.3) is 10.1 Å². The van der Waals surface area contributed by atoms with Crippen molar-refractivity contribution in [2.24, 2.45) is 0 Å². The van der Waals surface area contributed by atoms with Crippen LogP contribution in [0, 0.1) is 0 Å². The predicted octanol–water partition coefficient (Wildman–Crippen LogP) is 4.86. The number of ether oxygens (including phenoxy) is 2. The molecule has 4 aromatic carbocycles. The summed E-state index contributed by atoms with van der Waals surface area (Å²) in [6.07, 6.45) is 4.66. The van der Waals surface area contributed by atoms with Crippen LogP contribution in [-0.4, -0.2) is 37.3 Å². The number of aromatic nitrogens is 2. The first kappa shape index (κ1) is 22.9. The van der Waals surface area contributed by atoms with Gasteiger partial charge in [-0.2, -0.15) is 8.42 Å². The van der Waals surface area contributed by atoms with Crippen molar-refractivity contribution >= 4 is 31.7 Å². The summed E-state index contributed by atoms with van der Waals surface area (Å²) in [6.45, 7) is 0.381. The lowest BCUT2D eigenvalue weighted by Crippen LogP contribution is -2.34. The van der Waals surface area contributed by atoms with Gasteiger partial charge in [-0.3, -0.25) is 4.18 Å². The number of imidazole rings is 1. The highest BCUT2D eigenvalue weighted by molar-refractivity contribution is 7.86. The van der Waals surface area contributed by atoms with E-state index >= 15 is 0 Å². The Hall–Kier alpha value is -3.56. The third-order valence-electron chi connectivity index (χ3n) is 6.43. The Labute approximate surface area is 209 Å². The number of benzene rings is 4. The van der Waals surface area contributed by atoms with Gasteiger partial charge in [-0.1, -0.05) is 72.8 Å². The molecule has 1 aliphatic heterocycles. The van der Waals surface area contributed by atoms with E-state index in [1.54, 1.807) is 30.7 Å². The Kier molecular flexibility index (Phi) is 5.81. The van der Waals surface area contributed by atoms with Gasteiger partial charge in [0.2, 0.25) is 5.79 Å². The van der Waals surface area contributed by atoms with Crippen LogP contribution in [0.5, 0.6) is 0 Å². The molecule has 2 atom stereocenters. The molecule has 0 saturated carbocycles. The Morgan fingerprint density at radius 2 is 1.72 bits per heavy atom. The maximum absolute atomic E-state index is 13.0. The third-order valence-corrected chi connectivity index (χ3v) is 7.71.